The van der Waals surface area contributed by atoms with Gasteiger partial charge in [0.25, 0.3) is 5.91 Å². The summed E-state index contributed by atoms with van der Waals surface area (Å²) in [5.41, 5.74) is 12.3. The second-order valence-corrected chi connectivity index (χ2v) is 4.42. The summed E-state index contributed by atoms with van der Waals surface area (Å²) >= 11 is 0. The lowest BCUT2D eigenvalue weighted by Crippen LogP contribution is -2.34. The fraction of sp³-hybridized carbons (Fsp3) is 0.500. The van der Waals surface area contributed by atoms with E-state index < -0.39 is 5.91 Å². The fourth-order valence-electron chi connectivity index (χ4n) is 2.05. The van der Waals surface area contributed by atoms with Gasteiger partial charge in [0.15, 0.2) is 0 Å². The number of hydrogen-bond donors (Lipinski definition) is 2. The maximum atomic E-state index is 11.3. The largest absolute Gasteiger partial charge is 0.472 e. The number of nitrogens with two attached hydrogens (primary N) is 2. The van der Waals surface area contributed by atoms with Crippen LogP contribution in [0.3, 0.4) is 0 Å². The molecule has 2 unspecified atom stereocenters. The van der Waals surface area contributed by atoms with Gasteiger partial charge in [-0.1, -0.05) is 0 Å². The molecule has 92 valence electrons. The normalized spacial score (nSPS) is 23.6. The van der Waals surface area contributed by atoms with Gasteiger partial charge < -0.3 is 16.2 Å². The molecule has 1 saturated carbocycles. The van der Waals surface area contributed by atoms with Crippen molar-refractivity contribution in [2.75, 3.05) is 0 Å². The van der Waals surface area contributed by atoms with Gasteiger partial charge in [0, 0.05) is 11.7 Å². The second kappa shape index (κ2) is 4.71. The molecule has 1 fully saturated rings. The average Bonchev–Trinajstić information content (AvgIpc) is 2.64. The maximum absolute atomic E-state index is 11.3. The first-order chi connectivity index (χ1) is 8.08. The molecule has 5 nitrogen and oxygen atoms in total. The second-order valence-electron chi connectivity index (χ2n) is 4.42. The molecule has 4 N–H and O–H groups in total. The van der Waals surface area contributed by atoms with E-state index >= 15 is 0 Å². The van der Waals surface area contributed by atoms with Gasteiger partial charge in [-0.3, -0.25) is 4.79 Å². The molecule has 1 aliphatic rings. The predicted molar refractivity (Wildman–Crippen MR) is 63.7 cm³/mol. The smallest absolute Gasteiger partial charge is 0.254 e. The number of primary amides is 1. The molecule has 1 aliphatic carbocycles. The minimum absolute atomic E-state index is 0.0121. The van der Waals surface area contributed by atoms with E-state index in [2.05, 4.69) is 4.98 Å². The molecule has 0 radical (unpaired) electrons. The minimum atomic E-state index is -0.529. The molecule has 17 heavy (non-hydrogen) atoms. The SMILES string of the molecule is Cc1ccc(C(N)=O)c(OC2CCCC2N)n1. The van der Waals surface area contributed by atoms with Crippen LogP contribution in [0.25, 0.3) is 0 Å². The zero-order chi connectivity index (χ0) is 12.4. The van der Waals surface area contributed by atoms with Crippen LogP contribution in [0.5, 0.6) is 5.88 Å². The van der Waals surface area contributed by atoms with Crippen LogP contribution in [0.2, 0.25) is 0 Å². The minimum Gasteiger partial charge on any atom is -0.472 e. The van der Waals surface area contributed by atoms with Crippen molar-refractivity contribution < 1.29 is 9.53 Å². The number of nitrogens with zero attached hydrogens (tertiary/aromatic N) is 1. The highest BCUT2D eigenvalue weighted by molar-refractivity contribution is 5.95. The molecule has 1 amide bonds. The van der Waals surface area contributed by atoms with Crippen LogP contribution in [0.4, 0.5) is 0 Å². The third-order valence-corrected chi connectivity index (χ3v) is 3.03. The van der Waals surface area contributed by atoms with Crippen LogP contribution in [-0.4, -0.2) is 23.0 Å². The van der Waals surface area contributed by atoms with E-state index in [1.54, 1.807) is 12.1 Å². The predicted octanol–water partition coefficient (Wildman–Crippen LogP) is 0.748. The first-order valence-electron chi connectivity index (χ1n) is 5.77. The van der Waals surface area contributed by atoms with Gasteiger partial charge in [0.1, 0.15) is 11.7 Å². The molecule has 0 spiro atoms. The molecule has 0 aromatic carbocycles. The van der Waals surface area contributed by atoms with Gasteiger partial charge in [-0.05, 0) is 38.3 Å². The van der Waals surface area contributed by atoms with E-state index in [4.69, 9.17) is 16.2 Å². The quantitative estimate of drug-likeness (QED) is 0.808. The highest BCUT2D eigenvalue weighted by Crippen LogP contribution is 2.24. The summed E-state index contributed by atoms with van der Waals surface area (Å²) in [6.07, 6.45) is 2.82. The number of amides is 1. The van der Waals surface area contributed by atoms with E-state index in [0.29, 0.717) is 11.4 Å². The van der Waals surface area contributed by atoms with Crippen LogP contribution < -0.4 is 16.2 Å². The maximum Gasteiger partial charge on any atom is 0.254 e. The number of carbonyl (C=O) groups is 1. The summed E-state index contributed by atoms with van der Waals surface area (Å²) in [5.74, 6) is -0.223. The first kappa shape index (κ1) is 11.9. The standard InChI is InChI=1S/C12H17N3O2/c1-7-5-6-8(11(14)16)12(15-7)17-10-4-2-3-9(10)13/h5-6,9-10H,2-4,13H2,1H3,(H2,14,16). The molecule has 2 atom stereocenters. The van der Waals surface area contributed by atoms with Crippen molar-refractivity contribution in [1.29, 1.82) is 0 Å². The summed E-state index contributed by atoms with van der Waals surface area (Å²) in [4.78, 5) is 15.5. The van der Waals surface area contributed by atoms with Gasteiger partial charge in [-0.25, -0.2) is 4.98 Å². The topological polar surface area (TPSA) is 91.2 Å². The van der Waals surface area contributed by atoms with Crippen molar-refractivity contribution in [3.05, 3.63) is 23.4 Å². The number of aromatic nitrogens is 1. The van der Waals surface area contributed by atoms with Crippen molar-refractivity contribution in [3.63, 3.8) is 0 Å². The Morgan fingerprint density at radius 1 is 1.47 bits per heavy atom. The van der Waals surface area contributed by atoms with Gasteiger partial charge in [-0.2, -0.15) is 0 Å². The molecule has 0 saturated heterocycles. The van der Waals surface area contributed by atoms with Gasteiger partial charge >= 0.3 is 0 Å². The average molecular weight is 235 g/mol. The molecular formula is C12H17N3O2. The lowest BCUT2D eigenvalue weighted by molar-refractivity contribution is 0.0990. The number of aryl methyl sites for hydroxylation is 1. The van der Waals surface area contributed by atoms with Crippen molar-refractivity contribution in [3.8, 4) is 5.88 Å². The Morgan fingerprint density at radius 2 is 2.24 bits per heavy atom. The number of carbonyl (C=O) groups excluding carboxylic acids is 1. The Hall–Kier alpha value is -1.62. The van der Waals surface area contributed by atoms with Crippen LogP contribution in [0, 0.1) is 6.92 Å². The van der Waals surface area contributed by atoms with Crippen LogP contribution in [-0.2, 0) is 0 Å². The van der Waals surface area contributed by atoms with Crippen molar-refractivity contribution in [2.24, 2.45) is 11.5 Å². The van der Waals surface area contributed by atoms with E-state index in [1.165, 1.54) is 0 Å². The van der Waals surface area contributed by atoms with Gasteiger partial charge in [0.2, 0.25) is 5.88 Å². The zero-order valence-corrected chi connectivity index (χ0v) is 9.85. The molecule has 2 rings (SSSR count). The highest BCUT2D eigenvalue weighted by atomic mass is 16.5. The Kier molecular flexibility index (Phi) is 3.28. The van der Waals surface area contributed by atoms with E-state index in [9.17, 15) is 4.79 Å². The first-order valence-corrected chi connectivity index (χ1v) is 5.77. The Labute approximate surface area is 100 Å². The summed E-state index contributed by atoms with van der Waals surface area (Å²) < 4.78 is 5.72. The van der Waals surface area contributed by atoms with Crippen LogP contribution >= 0.6 is 0 Å². The Bertz CT molecular complexity index is 434. The number of hydrogen-bond acceptors (Lipinski definition) is 4. The van der Waals surface area contributed by atoms with Crippen molar-refractivity contribution >= 4 is 5.91 Å². The molecular weight excluding hydrogens is 218 g/mol. The van der Waals surface area contributed by atoms with E-state index in [0.717, 1.165) is 25.0 Å². The lowest BCUT2D eigenvalue weighted by Gasteiger charge is -2.18. The van der Waals surface area contributed by atoms with Gasteiger partial charge in [0.05, 0.1) is 0 Å². The number of rotatable bonds is 3. The van der Waals surface area contributed by atoms with Gasteiger partial charge in [-0.15, -0.1) is 0 Å². The molecule has 1 heterocycles. The lowest BCUT2D eigenvalue weighted by atomic mass is 10.2. The van der Waals surface area contributed by atoms with E-state index in [-0.39, 0.29) is 12.1 Å². The summed E-state index contributed by atoms with van der Waals surface area (Å²) in [6, 6.07) is 3.39. The van der Waals surface area contributed by atoms with Crippen LogP contribution in [0.15, 0.2) is 12.1 Å². The van der Waals surface area contributed by atoms with Crippen molar-refractivity contribution in [1.82, 2.24) is 4.98 Å². The van der Waals surface area contributed by atoms with Crippen LogP contribution in [0.1, 0.15) is 35.3 Å². The fourth-order valence-corrected chi connectivity index (χ4v) is 2.05. The molecule has 0 bridgehead atoms. The Balaban J connectivity index is 2.24. The number of pyridine rings is 1. The molecule has 5 heteroatoms. The summed E-state index contributed by atoms with van der Waals surface area (Å²) in [5, 5.41) is 0. The monoisotopic (exact) mass is 235 g/mol. The molecule has 0 aliphatic heterocycles. The summed E-state index contributed by atoms with van der Waals surface area (Å²) in [6.45, 7) is 1.84. The third-order valence-electron chi connectivity index (χ3n) is 3.03. The Morgan fingerprint density at radius 3 is 2.82 bits per heavy atom. The zero-order valence-electron chi connectivity index (χ0n) is 9.85. The number of ether oxygens (including phenoxy) is 1. The van der Waals surface area contributed by atoms with E-state index in [1.807, 2.05) is 6.92 Å². The molecule has 1 aromatic heterocycles. The molecule has 1 aromatic rings. The van der Waals surface area contributed by atoms with Crippen molar-refractivity contribution in [2.45, 2.75) is 38.3 Å². The summed E-state index contributed by atoms with van der Waals surface area (Å²) in [7, 11) is 0. The third kappa shape index (κ3) is 2.55. The highest BCUT2D eigenvalue weighted by Gasteiger charge is 2.27.